The van der Waals surface area contributed by atoms with Crippen LogP contribution in [0.4, 0.5) is 11.4 Å². The molecule has 0 aliphatic carbocycles. The molecule has 0 spiro atoms. The van der Waals surface area contributed by atoms with Gasteiger partial charge in [-0.3, -0.25) is 19.7 Å². The largest absolute Gasteiger partial charge is 0.481 e. The summed E-state index contributed by atoms with van der Waals surface area (Å²) in [4.78, 5) is 32.6. The van der Waals surface area contributed by atoms with Crippen LogP contribution in [-0.2, 0) is 9.59 Å². The summed E-state index contributed by atoms with van der Waals surface area (Å²) in [6.45, 7) is 2.87. The van der Waals surface area contributed by atoms with Gasteiger partial charge in [-0.2, -0.15) is 0 Å². The van der Waals surface area contributed by atoms with Gasteiger partial charge in [-0.1, -0.05) is 6.07 Å². The number of anilines is 1. The number of aliphatic carboxylic acids is 1. The summed E-state index contributed by atoms with van der Waals surface area (Å²) in [5.41, 5.74) is -1.07. The Hall–Kier alpha value is -2.44. The Morgan fingerprint density at radius 2 is 2.05 bits per heavy atom. The fraction of sp³-hybridized carbons (Fsp3) is 0.333. The summed E-state index contributed by atoms with van der Waals surface area (Å²) in [5, 5.41) is 21.9. The molecule has 1 rings (SSSR count). The first-order chi connectivity index (χ1) is 8.72. The van der Waals surface area contributed by atoms with Crippen molar-refractivity contribution in [2.75, 3.05) is 5.32 Å². The number of carboxylic acids is 1. The third-order valence-corrected chi connectivity index (χ3v) is 2.52. The Bertz CT molecular complexity index is 525. The van der Waals surface area contributed by atoms with Crippen LogP contribution in [0.5, 0.6) is 0 Å². The summed E-state index contributed by atoms with van der Waals surface area (Å²) in [7, 11) is 0. The van der Waals surface area contributed by atoms with E-state index >= 15 is 0 Å². The fourth-order valence-corrected chi connectivity index (χ4v) is 1.38. The van der Waals surface area contributed by atoms with Gasteiger partial charge in [0.05, 0.1) is 10.3 Å². The Balaban J connectivity index is 2.75. The van der Waals surface area contributed by atoms with Crippen molar-refractivity contribution in [3.05, 3.63) is 34.4 Å². The molecule has 0 unspecified atom stereocenters. The zero-order chi connectivity index (χ0) is 14.6. The summed E-state index contributed by atoms with van der Waals surface area (Å²) < 4.78 is 0. The number of carbonyl (C=O) groups excluding carboxylic acids is 1. The highest BCUT2D eigenvalue weighted by molar-refractivity contribution is 5.94. The molecular formula is C12H14N2O5. The lowest BCUT2D eigenvalue weighted by atomic mass is 9.89. The Labute approximate surface area is 109 Å². The number of nitrogens with zero attached hydrogens (tertiary/aromatic N) is 1. The van der Waals surface area contributed by atoms with Gasteiger partial charge < -0.3 is 10.4 Å². The summed E-state index contributed by atoms with van der Waals surface area (Å²) in [6, 6.07) is 5.46. The van der Waals surface area contributed by atoms with Gasteiger partial charge in [0, 0.05) is 24.2 Å². The normalized spacial score (nSPS) is 10.8. The van der Waals surface area contributed by atoms with Crippen molar-refractivity contribution in [3.8, 4) is 0 Å². The van der Waals surface area contributed by atoms with Crippen LogP contribution < -0.4 is 5.32 Å². The van der Waals surface area contributed by atoms with Crippen LogP contribution in [0.15, 0.2) is 24.3 Å². The lowest BCUT2D eigenvalue weighted by Crippen LogP contribution is -2.29. The van der Waals surface area contributed by atoms with Gasteiger partial charge in [-0.25, -0.2) is 0 Å². The van der Waals surface area contributed by atoms with Crippen molar-refractivity contribution in [2.45, 2.75) is 20.3 Å². The minimum absolute atomic E-state index is 0.143. The van der Waals surface area contributed by atoms with Crippen molar-refractivity contribution in [1.82, 2.24) is 0 Å². The van der Waals surface area contributed by atoms with Crippen LogP contribution >= 0.6 is 0 Å². The predicted molar refractivity (Wildman–Crippen MR) is 67.8 cm³/mol. The van der Waals surface area contributed by atoms with E-state index in [0.717, 1.165) is 0 Å². The molecule has 7 nitrogen and oxygen atoms in total. The van der Waals surface area contributed by atoms with Crippen LogP contribution in [0.1, 0.15) is 20.3 Å². The van der Waals surface area contributed by atoms with E-state index in [-0.39, 0.29) is 17.8 Å². The van der Waals surface area contributed by atoms with Crippen molar-refractivity contribution < 1.29 is 19.6 Å². The van der Waals surface area contributed by atoms with Gasteiger partial charge in [0.25, 0.3) is 5.69 Å². The highest BCUT2D eigenvalue weighted by Gasteiger charge is 2.30. The first-order valence-electron chi connectivity index (χ1n) is 5.50. The average molecular weight is 266 g/mol. The molecule has 0 aliphatic rings. The molecule has 1 aromatic rings. The van der Waals surface area contributed by atoms with Crippen LogP contribution in [0.25, 0.3) is 0 Å². The number of benzene rings is 1. The molecule has 0 bridgehead atoms. The van der Waals surface area contributed by atoms with E-state index in [1.807, 2.05) is 0 Å². The molecule has 0 atom stereocenters. The zero-order valence-electron chi connectivity index (χ0n) is 10.5. The Morgan fingerprint density at radius 3 is 2.58 bits per heavy atom. The maximum absolute atomic E-state index is 11.7. The number of amides is 1. The molecule has 0 saturated heterocycles. The molecule has 1 aromatic carbocycles. The molecule has 0 radical (unpaired) electrons. The lowest BCUT2D eigenvalue weighted by molar-refractivity contribution is -0.384. The molecule has 7 heteroatoms. The maximum Gasteiger partial charge on any atom is 0.309 e. The minimum Gasteiger partial charge on any atom is -0.481 e. The van der Waals surface area contributed by atoms with Gasteiger partial charge in [-0.15, -0.1) is 0 Å². The number of rotatable bonds is 5. The monoisotopic (exact) mass is 266 g/mol. The van der Waals surface area contributed by atoms with Crippen LogP contribution in [0.2, 0.25) is 0 Å². The standard InChI is InChI=1S/C12H14N2O5/c1-12(2,11(16)17)7-10(15)13-8-4-3-5-9(6-8)14(18)19/h3-6H,7H2,1-2H3,(H,13,15)(H,16,17). The number of nitrogens with one attached hydrogen (secondary N) is 1. The summed E-state index contributed by atoms with van der Waals surface area (Å²) in [5.74, 6) is -1.59. The molecule has 0 heterocycles. The van der Waals surface area contributed by atoms with Crippen molar-refractivity contribution >= 4 is 23.3 Å². The minimum atomic E-state index is -1.19. The Kier molecular flexibility index (Phi) is 4.21. The predicted octanol–water partition coefficient (Wildman–Crippen LogP) is 2.03. The van der Waals surface area contributed by atoms with E-state index in [2.05, 4.69) is 5.32 Å². The molecule has 2 N–H and O–H groups in total. The van der Waals surface area contributed by atoms with Gasteiger partial charge in [-0.05, 0) is 19.9 Å². The van der Waals surface area contributed by atoms with E-state index in [0.29, 0.717) is 0 Å². The highest BCUT2D eigenvalue weighted by Crippen LogP contribution is 2.22. The first-order valence-corrected chi connectivity index (χ1v) is 5.50. The fourth-order valence-electron chi connectivity index (χ4n) is 1.38. The van der Waals surface area contributed by atoms with Gasteiger partial charge in [0.1, 0.15) is 0 Å². The molecule has 1 amide bonds. The number of nitro groups is 1. The summed E-state index contributed by atoms with van der Waals surface area (Å²) >= 11 is 0. The average Bonchev–Trinajstić information content (AvgIpc) is 2.28. The molecule has 102 valence electrons. The number of carbonyl (C=O) groups is 2. The smallest absolute Gasteiger partial charge is 0.309 e. The highest BCUT2D eigenvalue weighted by atomic mass is 16.6. The second-order valence-electron chi connectivity index (χ2n) is 4.72. The van der Waals surface area contributed by atoms with Crippen LogP contribution in [0, 0.1) is 15.5 Å². The van der Waals surface area contributed by atoms with Gasteiger partial charge >= 0.3 is 5.97 Å². The molecule has 0 fully saturated rings. The number of hydrogen-bond donors (Lipinski definition) is 2. The molecule has 19 heavy (non-hydrogen) atoms. The lowest BCUT2D eigenvalue weighted by Gasteiger charge is -2.18. The molecule has 0 aromatic heterocycles. The molecular weight excluding hydrogens is 252 g/mol. The van der Waals surface area contributed by atoms with Crippen molar-refractivity contribution in [2.24, 2.45) is 5.41 Å². The third-order valence-electron chi connectivity index (χ3n) is 2.52. The van der Waals surface area contributed by atoms with Crippen molar-refractivity contribution in [1.29, 1.82) is 0 Å². The summed E-state index contributed by atoms with van der Waals surface area (Å²) in [6.07, 6.45) is -0.217. The van der Waals surface area contributed by atoms with E-state index < -0.39 is 22.2 Å². The quantitative estimate of drug-likeness (QED) is 0.626. The number of hydrogen-bond acceptors (Lipinski definition) is 4. The Morgan fingerprint density at radius 1 is 1.42 bits per heavy atom. The van der Waals surface area contributed by atoms with E-state index in [1.165, 1.54) is 38.1 Å². The van der Waals surface area contributed by atoms with Gasteiger partial charge in [0.2, 0.25) is 5.91 Å². The second kappa shape index (κ2) is 5.47. The van der Waals surface area contributed by atoms with E-state index in [4.69, 9.17) is 5.11 Å². The van der Waals surface area contributed by atoms with Crippen molar-refractivity contribution in [3.63, 3.8) is 0 Å². The number of nitro benzene ring substituents is 1. The molecule has 0 aliphatic heterocycles. The van der Waals surface area contributed by atoms with E-state index in [9.17, 15) is 19.7 Å². The first kappa shape index (κ1) is 14.6. The maximum atomic E-state index is 11.7. The number of carboxylic acid groups (broad SMARTS) is 1. The van der Waals surface area contributed by atoms with E-state index in [1.54, 1.807) is 0 Å². The van der Waals surface area contributed by atoms with Crippen LogP contribution in [-0.4, -0.2) is 21.9 Å². The SMILES string of the molecule is CC(C)(CC(=O)Nc1cccc([N+](=O)[O-])c1)C(=O)O. The third kappa shape index (κ3) is 4.06. The number of non-ortho nitro benzene ring substituents is 1. The molecule has 0 saturated carbocycles. The zero-order valence-corrected chi connectivity index (χ0v) is 10.5. The second-order valence-corrected chi connectivity index (χ2v) is 4.72. The van der Waals surface area contributed by atoms with Crippen LogP contribution in [0.3, 0.4) is 0 Å². The topological polar surface area (TPSA) is 110 Å². The van der Waals surface area contributed by atoms with Gasteiger partial charge in [0.15, 0.2) is 0 Å².